The van der Waals surface area contributed by atoms with Crippen LogP contribution in [0.25, 0.3) is 10.8 Å². The van der Waals surface area contributed by atoms with Gasteiger partial charge in [0.1, 0.15) is 0 Å². The van der Waals surface area contributed by atoms with Crippen molar-refractivity contribution in [1.82, 2.24) is 0 Å². The van der Waals surface area contributed by atoms with Crippen molar-refractivity contribution >= 4 is 22.4 Å². The SMILES string of the molecule is C[C@](N)(Nc1cccc2ccccc12)C(=O)O. The van der Waals surface area contributed by atoms with E-state index in [1.807, 2.05) is 42.5 Å². The summed E-state index contributed by atoms with van der Waals surface area (Å²) < 4.78 is 0. The van der Waals surface area contributed by atoms with Crippen molar-refractivity contribution in [3.05, 3.63) is 42.5 Å². The van der Waals surface area contributed by atoms with Crippen LogP contribution in [-0.4, -0.2) is 16.7 Å². The Kier molecular flexibility index (Phi) is 2.73. The van der Waals surface area contributed by atoms with Crippen LogP contribution in [0.4, 0.5) is 5.69 Å². The van der Waals surface area contributed by atoms with Crippen molar-refractivity contribution in [2.24, 2.45) is 5.73 Å². The third-order valence-corrected chi connectivity index (χ3v) is 2.63. The molecular weight excluding hydrogens is 216 g/mol. The van der Waals surface area contributed by atoms with Crippen LogP contribution in [0.2, 0.25) is 0 Å². The number of nitrogens with one attached hydrogen (secondary N) is 1. The quantitative estimate of drug-likeness (QED) is 0.705. The molecule has 0 heterocycles. The molecule has 0 aromatic heterocycles. The molecule has 0 amide bonds. The van der Waals surface area contributed by atoms with E-state index < -0.39 is 11.6 Å². The minimum absolute atomic E-state index is 0.718. The maximum Gasteiger partial charge on any atom is 0.344 e. The molecule has 4 heteroatoms. The Morgan fingerprint density at radius 3 is 2.59 bits per heavy atom. The normalized spacial score (nSPS) is 14.2. The van der Waals surface area contributed by atoms with Crippen LogP contribution in [0, 0.1) is 0 Å². The van der Waals surface area contributed by atoms with Gasteiger partial charge in [-0.05, 0) is 18.4 Å². The zero-order chi connectivity index (χ0) is 12.5. The fourth-order valence-corrected chi connectivity index (χ4v) is 1.67. The molecule has 0 saturated carbocycles. The maximum absolute atomic E-state index is 11.0. The van der Waals surface area contributed by atoms with Crippen LogP contribution in [0.3, 0.4) is 0 Å². The summed E-state index contributed by atoms with van der Waals surface area (Å²) in [6, 6.07) is 13.4. The molecule has 0 aliphatic rings. The number of benzene rings is 2. The molecule has 88 valence electrons. The lowest BCUT2D eigenvalue weighted by atomic mass is 10.1. The van der Waals surface area contributed by atoms with E-state index in [4.69, 9.17) is 10.8 Å². The van der Waals surface area contributed by atoms with Gasteiger partial charge in [-0.3, -0.25) is 5.73 Å². The zero-order valence-electron chi connectivity index (χ0n) is 9.47. The Hall–Kier alpha value is -2.07. The van der Waals surface area contributed by atoms with E-state index in [0.29, 0.717) is 0 Å². The maximum atomic E-state index is 11.0. The van der Waals surface area contributed by atoms with Gasteiger partial charge in [0, 0.05) is 11.1 Å². The number of carboxylic acids is 1. The van der Waals surface area contributed by atoms with E-state index in [9.17, 15) is 4.79 Å². The molecule has 2 aromatic carbocycles. The second kappa shape index (κ2) is 4.07. The third kappa shape index (κ3) is 2.21. The first-order valence-electron chi connectivity index (χ1n) is 5.29. The average molecular weight is 230 g/mol. The number of fused-ring (bicyclic) bond motifs is 1. The highest BCUT2D eigenvalue weighted by atomic mass is 16.4. The van der Waals surface area contributed by atoms with Crippen molar-refractivity contribution in [3.63, 3.8) is 0 Å². The van der Waals surface area contributed by atoms with E-state index in [1.165, 1.54) is 6.92 Å². The lowest BCUT2D eigenvalue weighted by molar-refractivity contribution is -0.141. The predicted octanol–water partition coefficient (Wildman–Crippen LogP) is 2.01. The Morgan fingerprint density at radius 1 is 1.24 bits per heavy atom. The first kappa shape index (κ1) is 11.4. The number of hydrogen-bond donors (Lipinski definition) is 3. The molecule has 0 fully saturated rings. The lowest BCUT2D eigenvalue weighted by Crippen LogP contribution is -2.51. The molecule has 2 rings (SSSR count). The van der Waals surface area contributed by atoms with Crippen molar-refractivity contribution in [2.75, 3.05) is 5.32 Å². The van der Waals surface area contributed by atoms with Crippen LogP contribution >= 0.6 is 0 Å². The Labute approximate surface area is 99.1 Å². The summed E-state index contributed by atoms with van der Waals surface area (Å²) in [4.78, 5) is 11.0. The number of anilines is 1. The molecule has 17 heavy (non-hydrogen) atoms. The standard InChI is InChI=1S/C13H14N2O2/c1-13(14,12(16)17)15-11-8-4-6-9-5-2-3-7-10(9)11/h2-8,15H,14H2,1H3,(H,16,17)/t13-/m0/s1. The summed E-state index contributed by atoms with van der Waals surface area (Å²) >= 11 is 0. The van der Waals surface area contributed by atoms with Crippen molar-refractivity contribution in [1.29, 1.82) is 0 Å². The third-order valence-electron chi connectivity index (χ3n) is 2.63. The predicted molar refractivity (Wildman–Crippen MR) is 67.8 cm³/mol. The molecule has 0 aliphatic carbocycles. The Bertz CT molecular complexity index is 559. The molecule has 2 aromatic rings. The summed E-state index contributed by atoms with van der Waals surface area (Å²) in [7, 11) is 0. The van der Waals surface area contributed by atoms with Crippen LogP contribution in [0.1, 0.15) is 6.92 Å². The highest BCUT2D eigenvalue weighted by molar-refractivity contribution is 5.95. The van der Waals surface area contributed by atoms with E-state index in [0.717, 1.165) is 16.5 Å². The number of nitrogens with two attached hydrogens (primary N) is 1. The fourth-order valence-electron chi connectivity index (χ4n) is 1.67. The molecule has 4 nitrogen and oxygen atoms in total. The lowest BCUT2D eigenvalue weighted by Gasteiger charge is -2.23. The molecule has 0 unspecified atom stereocenters. The smallest absolute Gasteiger partial charge is 0.344 e. The van der Waals surface area contributed by atoms with Crippen molar-refractivity contribution in [2.45, 2.75) is 12.6 Å². The second-order valence-electron chi connectivity index (χ2n) is 4.16. The summed E-state index contributed by atoms with van der Waals surface area (Å²) in [5, 5.41) is 13.8. The van der Waals surface area contributed by atoms with Gasteiger partial charge >= 0.3 is 5.97 Å². The van der Waals surface area contributed by atoms with E-state index in [-0.39, 0.29) is 0 Å². The molecule has 0 saturated heterocycles. The number of aliphatic carboxylic acids is 1. The van der Waals surface area contributed by atoms with Gasteiger partial charge in [-0.15, -0.1) is 0 Å². The number of carboxylic acid groups (broad SMARTS) is 1. The number of carbonyl (C=O) groups is 1. The van der Waals surface area contributed by atoms with Crippen LogP contribution < -0.4 is 11.1 Å². The monoisotopic (exact) mass is 230 g/mol. The van der Waals surface area contributed by atoms with Gasteiger partial charge in [0.05, 0.1) is 0 Å². The summed E-state index contributed by atoms with van der Waals surface area (Å²) in [5.41, 5.74) is 4.91. The van der Waals surface area contributed by atoms with Gasteiger partial charge in [-0.1, -0.05) is 36.4 Å². The first-order valence-corrected chi connectivity index (χ1v) is 5.29. The zero-order valence-corrected chi connectivity index (χ0v) is 9.47. The van der Waals surface area contributed by atoms with Gasteiger partial charge in [0.25, 0.3) is 0 Å². The average Bonchev–Trinajstić information content (AvgIpc) is 2.29. The van der Waals surface area contributed by atoms with Gasteiger partial charge in [-0.2, -0.15) is 0 Å². The van der Waals surface area contributed by atoms with Gasteiger partial charge in [0.15, 0.2) is 5.66 Å². The molecule has 0 spiro atoms. The summed E-state index contributed by atoms with van der Waals surface area (Å²) in [6.45, 7) is 1.43. The van der Waals surface area contributed by atoms with Crippen molar-refractivity contribution in [3.8, 4) is 0 Å². The van der Waals surface area contributed by atoms with E-state index in [1.54, 1.807) is 0 Å². The molecule has 4 N–H and O–H groups in total. The number of rotatable bonds is 3. The molecule has 0 radical (unpaired) electrons. The molecular formula is C13H14N2O2. The molecule has 0 bridgehead atoms. The summed E-state index contributed by atoms with van der Waals surface area (Å²) in [6.07, 6.45) is 0. The van der Waals surface area contributed by atoms with E-state index in [2.05, 4.69) is 5.32 Å². The van der Waals surface area contributed by atoms with Gasteiger partial charge in [0.2, 0.25) is 0 Å². The summed E-state index contributed by atoms with van der Waals surface area (Å²) in [5.74, 6) is -1.09. The first-order chi connectivity index (χ1) is 8.00. The second-order valence-corrected chi connectivity index (χ2v) is 4.16. The van der Waals surface area contributed by atoms with Crippen LogP contribution in [0.5, 0.6) is 0 Å². The van der Waals surface area contributed by atoms with Gasteiger partial charge in [-0.25, -0.2) is 4.79 Å². The Morgan fingerprint density at radius 2 is 1.88 bits per heavy atom. The van der Waals surface area contributed by atoms with Crippen LogP contribution in [-0.2, 0) is 4.79 Å². The largest absolute Gasteiger partial charge is 0.479 e. The highest BCUT2D eigenvalue weighted by Gasteiger charge is 2.27. The highest BCUT2D eigenvalue weighted by Crippen LogP contribution is 2.24. The Balaban J connectivity index is 2.46. The number of hydrogen-bond acceptors (Lipinski definition) is 3. The minimum Gasteiger partial charge on any atom is -0.479 e. The van der Waals surface area contributed by atoms with Gasteiger partial charge < -0.3 is 10.4 Å². The molecule has 0 aliphatic heterocycles. The molecule has 1 atom stereocenters. The van der Waals surface area contributed by atoms with E-state index >= 15 is 0 Å². The van der Waals surface area contributed by atoms with Crippen molar-refractivity contribution < 1.29 is 9.90 Å². The van der Waals surface area contributed by atoms with Crippen LogP contribution in [0.15, 0.2) is 42.5 Å². The topological polar surface area (TPSA) is 75.3 Å². The fraction of sp³-hybridized carbons (Fsp3) is 0.154. The minimum atomic E-state index is -1.48.